The van der Waals surface area contributed by atoms with Crippen molar-refractivity contribution in [2.75, 3.05) is 18.6 Å². The molecular formula is C12H13N3O2. The number of hydrogen-bond acceptors (Lipinski definition) is 4. The van der Waals surface area contributed by atoms with Gasteiger partial charge in [0.2, 0.25) is 5.91 Å². The first kappa shape index (κ1) is 11.4. The number of benzene rings is 1. The maximum absolute atomic E-state index is 11.7. The fourth-order valence-electron chi connectivity index (χ4n) is 1.94. The maximum atomic E-state index is 11.7. The molecule has 5 nitrogen and oxygen atoms in total. The molecule has 0 spiro atoms. The van der Waals surface area contributed by atoms with Gasteiger partial charge in [0, 0.05) is 25.1 Å². The summed E-state index contributed by atoms with van der Waals surface area (Å²) in [5.74, 6) is 0.506. The minimum absolute atomic E-state index is 0.0134. The van der Waals surface area contributed by atoms with Crippen LogP contribution in [0.3, 0.4) is 0 Å². The Morgan fingerprint density at radius 2 is 2.35 bits per heavy atom. The van der Waals surface area contributed by atoms with Crippen LogP contribution in [0.5, 0.6) is 5.75 Å². The largest absolute Gasteiger partial charge is 0.495 e. The summed E-state index contributed by atoms with van der Waals surface area (Å²) in [7, 11) is 1.51. The molecule has 17 heavy (non-hydrogen) atoms. The molecule has 88 valence electrons. The Bertz CT molecular complexity index is 493. The summed E-state index contributed by atoms with van der Waals surface area (Å²) >= 11 is 0. The molecule has 1 aliphatic heterocycles. The summed E-state index contributed by atoms with van der Waals surface area (Å²) in [5.41, 5.74) is 6.92. The van der Waals surface area contributed by atoms with E-state index in [1.165, 1.54) is 7.11 Å². The number of ether oxygens (including phenoxy) is 1. The van der Waals surface area contributed by atoms with Gasteiger partial charge in [-0.05, 0) is 12.1 Å². The highest BCUT2D eigenvalue weighted by Crippen LogP contribution is 2.31. The number of carbonyl (C=O) groups is 1. The number of nitriles is 1. The van der Waals surface area contributed by atoms with Crippen LogP contribution in [0.15, 0.2) is 18.2 Å². The van der Waals surface area contributed by atoms with Crippen molar-refractivity contribution >= 4 is 11.6 Å². The van der Waals surface area contributed by atoms with E-state index in [-0.39, 0.29) is 11.9 Å². The summed E-state index contributed by atoms with van der Waals surface area (Å²) < 4.78 is 5.20. The van der Waals surface area contributed by atoms with Crippen LogP contribution in [-0.2, 0) is 4.79 Å². The molecule has 1 heterocycles. The SMILES string of the molecule is COc1cc(C#N)ccc1N1CC(N)CC1=O. The number of amides is 1. The molecule has 1 aromatic rings. The fraction of sp³-hybridized carbons (Fsp3) is 0.333. The third-order valence-electron chi connectivity index (χ3n) is 2.75. The van der Waals surface area contributed by atoms with Crippen LogP contribution in [0.25, 0.3) is 0 Å². The van der Waals surface area contributed by atoms with Crippen molar-refractivity contribution in [2.45, 2.75) is 12.5 Å². The molecule has 0 bridgehead atoms. The normalized spacial score (nSPS) is 19.2. The van der Waals surface area contributed by atoms with Gasteiger partial charge in [0.1, 0.15) is 5.75 Å². The minimum atomic E-state index is -0.136. The highest BCUT2D eigenvalue weighted by molar-refractivity contribution is 5.97. The molecule has 0 saturated carbocycles. The van der Waals surface area contributed by atoms with Crippen LogP contribution < -0.4 is 15.4 Å². The van der Waals surface area contributed by atoms with E-state index in [1.807, 2.05) is 6.07 Å². The third-order valence-corrected chi connectivity index (χ3v) is 2.75. The van der Waals surface area contributed by atoms with Crippen LogP contribution in [0.1, 0.15) is 12.0 Å². The number of hydrogen-bond donors (Lipinski definition) is 1. The standard InChI is InChI=1S/C12H13N3O2/c1-17-11-4-8(6-13)2-3-10(11)15-7-9(14)5-12(15)16/h2-4,9H,5,7,14H2,1H3. The molecule has 1 unspecified atom stereocenters. The van der Waals surface area contributed by atoms with E-state index in [9.17, 15) is 4.79 Å². The molecule has 1 fully saturated rings. The molecule has 2 N–H and O–H groups in total. The Hall–Kier alpha value is -2.06. The van der Waals surface area contributed by atoms with E-state index in [0.717, 1.165) is 0 Å². The smallest absolute Gasteiger partial charge is 0.228 e. The number of carbonyl (C=O) groups excluding carboxylic acids is 1. The first-order valence-electron chi connectivity index (χ1n) is 5.29. The lowest BCUT2D eigenvalue weighted by Gasteiger charge is -2.19. The third kappa shape index (κ3) is 2.08. The topological polar surface area (TPSA) is 79.3 Å². The van der Waals surface area contributed by atoms with Crippen molar-refractivity contribution < 1.29 is 9.53 Å². The van der Waals surface area contributed by atoms with Crippen molar-refractivity contribution in [1.82, 2.24) is 0 Å². The lowest BCUT2D eigenvalue weighted by atomic mass is 10.2. The molecule has 1 aromatic carbocycles. The Kier molecular flexibility index (Phi) is 2.98. The Labute approximate surface area is 99.4 Å². The van der Waals surface area contributed by atoms with Crippen LogP contribution in [-0.4, -0.2) is 25.6 Å². The molecule has 0 aliphatic carbocycles. The van der Waals surface area contributed by atoms with E-state index in [4.69, 9.17) is 15.7 Å². The molecule has 0 radical (unpaired) electrons. The zero-order valence-electron chi connectivity index (χ0n) is 9.51. The van der Waals surface area contributed by atoms with Crippen molar-refractivity contribution in [3.63, 3.8) is 0 Å². The summed E-state index contributed by atoms with van der Waals surface area (Å²) in [6.07, 6.45) is 0.350. The Morgan fingerprint density at radius 1 is 1.59 bits per heavy atom. The van der Waals surface area contributed by atoms with Gasteiger partial charge in [-0.15, -0.1) is 0 Å². The van der Waals surface area contributed by atoms with Gasteiger partial charge < -0.3 is 15.4 Å². The number of rotatable bonds is 2. The zero-order valence-corrected chi connectivity index (χ0v) is 9.51. The van der Waals surface area contributed by atoms with Crippen molar-refractivity contribution in [3.8, 4) is 11.8 Å². The molecule has 5 heteroatoms. The molecule has 0 aromatic heterocycles. The van der Waals surface area contributed by atoms with Gasteiger partial charge in [0.15, 0.2) is 0 Å². The van der Waals surface area contributed by atoms with Gasteiger partial charge in [-0.2, -0.15) is 5.26 Å². The van der Waals surface area contributed by atoms with Crippen molar-refractivity contribution in [1.29, 1.82) is 5.26 Å². The summed E-state index contributed by atoms with van der Waals surface area (Å²) in [5, 5.41) is 8.80. The van der Waals surface area contributed by atoms with Crippen LogP contribution in [0, 0.1) is 11.3 Å². The second-order valence-corrected chi connectivity index (χ2v) is 3.97. The minimum Gasteiger partial charge on any atom is -0.495 e. The van der Waals surface area contributed by atoms with Crippen LogP contribution in [0.2, 0.25) is 0 Å². The average molecular weight is 231 g/mol. The van der Waals surface area contributed by atoms with E-state index in [1.54, 1.807) is 23.1 Å². The number of methoxy groups -OCH3 is 1. The van der Waals surface area contributed by atoms with E-state index in [2.05, 4.69) is 0 Å². The van der Waals surface area contributed by atoms with Gasteiger partial charge in [-0.3, -0.25) is 4.79 Å². The predicted molar refractivity (Wildman–Crippen MR) is 62.7 cm³/mol. The highest BCUT2D eigenvalue weighted by Gasteiger charge is 2.29. The summed E-state index contributed by atoms with van der Waals surface area (Å²) in [4.78, 5) is 13.3. The van der Waals surface area contributed by atoms with Gasteiger partial charge in [0.05, 0.1) is 24.4 Å². The van der Waals surface area contributed by atoms with Crippen LogP contribution >= 0.6 is 0 Å². The molecule has 1 atom stereocenters. The monoisotopic (exact) mass is 231 g/mol. The lowest BCUT2D eigenvalue weighted by molar-refractivity contribution is -0.117. The number of anilines is 1. The summed E-state index contributed by atoms with van der Waals surface area (Å²) in [6.45, 7) is 0.487. The number of nitrogens with zero attached hydrogens (tertiary/aromatic N) is 2. The van der Waals surface area contributed by atoms with Gasteiger partial charge >= 0.3 is 0 Å². The first-order chi connectivity index (χ1) is 8.15. The predicted octanol–water partition coefficient (Wildman–Crippen LogP) is 0.631. The first-order valence-corrected chi connectivity index (χ1v) is 5.29. The molecule has 1 amide bonds. The lowest BCUT2D eigenvalue weighted by Crippen LogP contribution is -2.28. The Balaban J connectivity index is 2.39. The highest BCUT2D eigenvalue weighted by atomic mass is 16.5. The van der Waals surface area contributed by atoms with E-state index >= 15 is 0 Å². The maximum Gasteiger partial charge on any atom is 0.228 e. The second kappa shape index (κ2) is 4.44. The molecular weight excluding hydrogens is 218 g/mol. The zero-order chi connectivity index (χ0) is 12.4. The van der Waals surface area contributed by atoms with Crippen LogP contribution in [0.4, 0.5) is 5.69 Å². The van der Waals surface area contributed by atoms with Gasteiger partial charge in [-0.25, -0.2) is 0 Å². The van der Waals surface area contributed by atoms with Gasteiger partial charge in [0.25, 0.3) is 0 Å². The Morgan fingerprint density at radius 3 is 2.88 bits per heavy atom. The fourth-order valence-corrected chi connectivity index (χ4v) is 1.94. The average Bonchev–Trinajstić information content (AvgIpc) is 2.67. The molecule has 1 aliphatic rings. The van der Waals surface area contributed by atoms with Crippen molar-refractivity contribution in [2.24, 2.45) is 5.73 Å². The van der Waals surface area contributed by atoms with Crippen molar-refractivity contribution in [3.05, 3.63) is 23.8 Å². The number of nitrogens with two attached hydrogens (primary N) is 1. The second-order valence-electron chi connectivity index (χ2n) is 3.97. The quantitative estimate of drug-likeness (QED) is 0.809. The molecule has 1 saturated heterocycles. The van der Waals surface area contributed by atoms with Gasteiger partial charge in [-0.1, -0.05) is 0 Å². The molecule has 2 rings (SSSR count). The summed E-state index contributed by atoms with van der Waals surface area (Å²) in [6, 6.07) is 6.89. The van der Waals surface area contributed by atoms with E-state index in [0.29, 0.717) is 30.0 Å². The van der Waals surface area contributed by atoms with E-state index < -0.39 is 0 Å².